The summed E-state index contributed by atoms with van der Waals surface area (Å²) in [5.41, 5.74) is 4.33. The van der Waals surface area contributed by atoms with Gasteiger partial charge in [-0.2, -0.15) is 0 Å². The van der Waals surface area contributed by atoms with E-state index in [4.69, 9.17) is 9.15 Å². The molecule has 0 amide bonds. The minimum Gasteiger partial charge on any atom is -0.488 e. The monoisotopic (exact) mass is 252 g/mol. The van der Waals surface area contributed by atoms with Crippen LogP contribution in [0.2, 0.25) is 0 Å². The summed E-state index contributed by atoms with van der Waals surface area (Å²) in [5.74, 6) is 0.921. The maximum absolute atomic E-state index is 5.87. The summed E-state index contributed by atoms with van der Waals surface area (Å²) in [7, 11) is 0. The Morgan fingerprint density at radius 2 is 1.74 bits per heavy atom. The first kappa shape index (κ1) is 11.8. The third kappa shape index (κ3) is 2.22. The van der Waals surface area contributed by atoms with E-state index in [0.29, 0.717) is 6.61 Å². The van der Waals surface area contributed by atoms with Crippen LogP contribution in [0.3, 0.4) is 0 Å². The van der Waals surface area contributed by atoms with Crippen molar-refractivity contribution in [2.75, 3.05) is 0 Å². The zero-order chi connectivity index (χ0) is 13.2. The van der Waals surface area contributed by atoms with E-state index < -0.39 is 0 Å². The van der Waals surface area contributed by atoms with E-state index in [1.807, 2.05) is 37.3 Å². The molecular formula is C17H16O2. The number of furan rings is 1. The highest BCUT2D eigenvalue weighted by molar-refractivity contribution is 5.83. The average Bonchev–Trinajstić information content (AvgIpc) is 2.83. The summed E-state index contributed by atoms with van der Waals surface area (Å²) in [5, 5.41) is 1.13. The normalized spacial score (nSPS) is 10.8. The van der Waals surface area contributed by atoms with Gasteiger partial charge in [-0.1, -0.05) is 36.4 Å². The van der Waals surface area contributed by atoms with Crippen LogP contribution in [0.1, 0.15) is 16.7 Å². The third-order valence-corrected chi connectivity index (χ3v) is 3.35. The maximum Gasteiger partial charge on any atom is 0.137 e. The van der Waals surface area contributed by atoms with Crippen LogP contribution in [-0.2, 0) is 6.61 Å². The highest BCUT2D eigenvalue weighted by atomic mass is 16.5. The molecule has 19 heavy (non-hydrogen) atoms. The van der Waals surface area contributed by atoms with E-state index in [1.165, 1.54) is 0 Å². The van der Waals surface area contributed by atoms with Gasteiger partial charge >= 0.3 is 0 Å². The van der Waals surface area contributed by atoms with Crippen molar-refractivity contribution in [3.63, 3.8) is 0 Å². The van der Waals surface area contributed by atoms with E-state index in [1.54, 1.807) is 6.26 Å². The molecule has 0 radical (unpaired) electrons. The number of fused-ring (bicyclic) bond motifs is 1. The molecule has 0 aliphatic heterocycles. The number of aryl methyl sites for hydroxylation is 2. The molecule has 3 aromatic rings. The molecule has 0 aliphatic carbocycles. The van der Waals surface area contributed by atoms with Gasteiger partial charge in [-0.3, -0.25) is 0 Å². The fourth-order valence-corrected chi connectivity index (χ4v) is 2.24. The van der Waals surface area contributed by atoms with Gasteiger partial charge in [0.2, 0.25) is 0 Å². The quantitative estimate of drug-likeness (QED) is 0.678. The van der Waals surface area contributed by atoms with Crippen molar-refractivity contribution in [2.24, 2.45) is 0 Å². The molecule has 0 N–H and O–H groups in total. The number of ether oxygens (including phenoxy) is 1. The molecule has 2 heteroatoms. The van der Waals surface area contributed by atoms with Gasteiger partial charge in [-0.25, -0.2) is 0 Å². The highest BCUT2D eigenvalue weighted by Gasteiger charge is 2.08. The predicted molar refractivity (Wildman–Crippen MR) is 76.5 cm³/mol. The van der Waals surface area contributed by atoms with Crippen molar-refractivity contribution in [1.82, 2.24) is 0 Å². The molecule has 0 atom stereocenters. The fraction of sp³-hybridized carbons (Fsp3) is 0.176. The predicted octanol–water partition coefficient (Wildman–Crippen LogP) is 4.63. The largest absolute Gasteiger partial charge is 0.488 e. The zero-order valence-electron chi connectivity index (χ0n) is 11.1. The minimum absolute atomic E-state index is 0.529. The zero-order valence-corrected chi connectivity index (χ0v) is 11.1. The van der Waals surface area contributed by atoms with Crippen LogP contribution in [0.15, 0.2) is 53.1 Å². The summed E-state index contributed by atoms with van der Waals surface area (Å²) >= 11 is 0. The molecule has 0 aliphatic rings. The SMILES string of the molecule is Cc1ccccc1OCc1coc2c(C)cccc12. The summed E-state index contributed by atoms with van der Waals surface area (Å²) in [6.45, 7) is 4.63. The van der Waals surface area contributed by atoms with Gasteiger partial charge in [0.15, 0.2) is 0 Å². The Kier molecular flexibility index (Phi) is 3.00. The first-order valence-electron chi connectivity index (χ1n) is 6.40. The van der Waals surface area contributed by atoms with Crippen LogP contribution in [0.5, 0.6) is 5.75 Å². The lowest BCUT2D eigenvalue weighted by Gasteiger charge is -2.07. The molecule has 0 bridgehead atoms. The molecule has 2 nitrogen and oxygen atoms in total. The Morgan fingerprint density at radius 1 is 0.947 bits per heavy atom. The lowest BCUT2D eigenvalue weighted by molar-refractivity contribution is 0.304. The van der Waals surface area contributed by atoms with Gasteiger partial charge in [-0.15, -0.1) is 0 Å². The Hall–Kier alpha value is -2.22. The summed E-state index contributed by atoms with van der Waals surface area (Å²) in [6.07, 6.45) is 1.79. The van der Waals surface area contributed by atoms with E-state index in [0.717, 1.165) is 33.4 Å². The van der Waals surface area contributed by atoms with Crippen molar-refractivity contribution in [2.45, 2.75) is 20.5 Å². The van der Waals surface area contributed by atoms with Crippen LogP contribution < -0.4 is 4.74 Å². The van der Waals surface area contributed by atoms with Crippen LogP contribution in [0.25, 0.3) is 11.0 Å². The van der Waals surface area contributed by atoms with Gasteiger partial charge in [0.1, 0.15) is 17.9 Å². The Bertz CT molecular complexity index is 710. The van der Waals surface area contributed by atoms with Crippen LogP contribution >= 0.6 is 0 Å². The second kappa shape index (κ2) is 4.81. The summed E-state index contributed by atoms with van der Waals surface area (Å²) < 4.78 is 11.5. The third-order valence-electron chi connectivity index (χ3n) is 3.35. The van der Waals surface area contributed by atoms with Crippen LogP contribution in [0, 0.1) is 13.8 Å². The Balaban J connectivity index is 1.87. The fourth-order valence-electron chi connectivity index (χ4n) is 2.24. The minimum atomic E-state index is 0.529. The van der Waals surface area contributed by atoms with Gasteiger partial charge in [0.05, 0.1) is 6.26 Å². The lowest BCUT2D eigenvalue weighted by Crippen LogP contribution is -1.95. The number of benzene rings is 2. The Labute approximate surface area is 112 Å². The molecule has 2 aromatic carbocycles. The summed E-state index contributed by atoms with van der Waals surface area (Å²) in [6, 6.07) is 14.2. The standard InChI is InChI=1S/C17H16O2/c1-12-6-3-4-9-16(12)18-10-14-11-19-17-13(2)7-5-8-15(14)17/h3-9,11H,10H2,1-2H3. The first-order chi connectivity index (χ1) is 9.25. The van der Waals surface area contributed by atoms with Crippen LogP contribution in [-0.4, -0.2) is 0 Å². The van der Waals surface area contributed by atoms with Gasteiger partial charge < -0.3 is 9.15 Å². The van der Waals surface area contributed by atoms with E-state index in [-0.39, 0.29) is 0 Å². The number of hydrogen-bond donors (Lipinski definition) is 0. The van der Waals surface area contributed by atoms with Crippen molar-refractivity contribution in [3.05, 3.63) is 65.4 Å². The lowest BCUT2D eigenvalue weighted by atomic mass is 10.1. The smallest absolute Gasteiger partial charge is 0.137 e. The van der Waals surface area contributed by atoms with E-state index >= 15 is 0 Å². The second-order valence-corrected chi connectivity index (χ2v) is 4.77. The average molecular weight is 252 g/mol. The molecule has 0 spiro atoms. The Morgan fingerprint density at radius 3 is 2.58 bits per heavy atom. The molecule has 0 fully saturated rings. The van der Waals surface area contributed by atoms with Crippen molar-refractivity contribution < 1.29 is 9.15 Å². The molecule has 96 valence electrons. The van der Waals surface area contributed by atoms with Gasteiger partial charge in [0, 0.05) is 10.9 Å². The van der Waals surface area contributed by atoms with E-state index in [2.05, 4.69) is 19.1 Å². The molecular weight excluding hydrogens is 236 g/mol. The van der Waals surface area contributed by atoms with Gasteiger partial charge in [-0.05, 0) is 31.0 Å². The topological polar surface area (TPSA) is 22.4 Å². The van der Waals surface area contributed by atoms with Crippen molar-refractivity contribution in [3.8, 4) is 5.75 Å². The van der Waals surface area contributed by atoms with Crippen molar-refractivity contribution in [1.29, 1.82) is 0 Å². The number of rotatable bonds is 3. The van der Waals surface area contributed by atoms with Crippen molar-refractivity contribution >= 4 is 11.0 Å². The second-order valence-electron chi connectivity index (χ2n) is 4.77. The maximum atomic E-state index is 5.87. The molecule has 0 unspecified atom stereocenters. The molecule has 1 heterocycles. The molecule has 1 aromatic heterocycles. The molecule has 3 rings (SSSR count). The molecule has 0 saturated heterocycles. The number of hydrogen-bond acceptors (Lipinski definition) is 2. The summed E-state index contributed by atoms with van der Waals surface area (Å²) in [4.78, 5) is 0. The van der Waals surface area contributed by atoms with Gasteiger partial charge in [0.25, 0.3) is 0 Å². The van der Waals surface area contributed by atoms with E-state index in [9.17, 15) is 0 Å². The number of para-hydroxylation sites is 2. The first-order valence-corrected chi connectivity index (χ1v) is 6.40. The van der Waals surface area contributed by atoms with Crippen LogP contribution in [0.4, 0.5) is 0 Å². The molecule has 0 saturated carbocycles. The highest BCUT2D eigenvalue weighted by Crippen LogP contribution is 2.26.